The van der Waals surface area contributed by atoms with Gasteiger partial charge in [-0.15, -0.1) is 0 Å². The number of rotatable bonds is 5. The van der Waals surface area contributed by atoms with Crippen molar-refractivity contribution < 1.29 is 9.21 Å². The number of hydrogen-bond donors (Lipinski definition) is 1. The van der Waals surface area contributed by atoms with Crippen LogP contribution in [0.2, 0.25) is 0 Å². The van der Waals surface area contributed by atoms with Gasteiger partial charge < -0.3 is 9.73 Å². The Bertz CT molecular complexity index is 819. The fourth-order valence-corrected chi connectivity index (χ4v) is 2.45. The van der Waals surface area contributed by atoms with Gasteiger partial charge in [0.05, 0.1) is 0 Å². The summed E-state index contributed by atoms with van der Waals surface area (Å²) in [5.41, 5.74) is 4.90. The van der Waals surface area contributed by atoms with Gasteiger partial charge in [-0.2, -0.15) is 0 Å². The summed E-state index contributed by atoms with van der Waals surface area (Å²) in [7, 11) is 0. The molecule has 0 saturated heterocycles. The first-order chi connectivity index (χ1) is 11.2. The standard InChI is InChI=1S/C19H20N2O2/c1-3-13-7-10-17-16(11-13)21-19(23-17)12-14-5-8-15(9-6-14)20-18(22)4-2/h5-11H,3-4,12H2,1-2H3,(H,20,22). The van der Waals surface area contributed by atoms with Crippen LogP contribution in [0.25, 0.3) is 11.1 Å². The molecule has 0 atom stereocenters. The van der Waals surface area contributed by atoms with Crippen molar-refractivity contribution in [1.29, 1.82) is 0 Å². The first-order valence-electron chi connectivity index (χ1n) is 7.95. The molecule has 3 rings (SSSR count). The van der Waals surface area contributed by atoms with E-state index < -0.39 is 0 Å². The van der Waals surface area contributed by atoms with Gasteiger partial charge in [0.25, 0.3) is 0 Å². The molecule has 1 heterocycles. The van der Waals surface area contributed by atoms with Gasteiger partial charge in [-0.05, 0) is 41.8 Å². The van der Waals surface area contributed by atoms with Crippen LogP contribution < -0.4 is 5.32 Å². The average Bonchev–Trinajstić information content (AvgIpc) is 2.97. The molecule has 0 aliphatic rings. The minimum absolute atomic E-state index is 0.0171. The number of carbonyl (C=O) groups excluding carboxylic acids is 1. The van der Waals surface area contributed by atoms with E-state index >= 15 is 0 Å². The molecule has 1 aromatic heterocycles. The Hall–Kier alpha value is -2.62. The lowest BCUT2D eigenvalue weighted by molar-refractivity contribution is -0.115. The Balaban J connectivity index is 1.75. The van der Waals surface area contributed by atoms with Crippen molar-refractivity contribution in [2.45, 2.75) is 33.1 Å². The van der Waals surface area contributed by atoms with Crippen LogP contribution in [0.4, 0.5) is 5.69 Å². The van der Waals surface area contributed by atoms with E-state index in [-0.39, 0.29) is 5.91 Å². The molecule has 2 aromatic carbocycles. The minimum atomic E-state index is 0.0171. The van der Waals surface area contributed by atoms with Gasteiger partial charge in [0.1, 0.15) is 5.52 Å². The molecule has 1 amide bonds. The lowest BCUT2D eigenvalue weighted by Crippen LogP contribution is -2.09. The van der Waals surface area contributed by atoms with Crippen LogP contribution in [-0.4, -0.2) is 10.9 Å². The van der Waals surface area contributed by atoms with Gasteiger partial charge >= 0.3 is 0 Å². The zero-order valence-corrected chi connectivity index (χ0v) is 13.4. The molecule has 0 bridgehead atoms. The molecular formula is C19H20N2O2. The highest BCUT2D eigenvalue weighted by Crippen LogP contribution is 2.20. The monoisotopic (exact) mass is 308 g/mol. The number of aromatic nitrogens is 1. The average molecular weight is 308 g/mol. The molecule has 0 radical (unpaired) electrons. The number of benzene rings is 2. The fraction of sp³-hybridized carbons (Fsp3) is 0.263. The molecule has 0 saturated carbocycles. The van der Waals surface area contributed by atoms with Crippen molar-refractivity contribution in [1.82, 2.24) is 4.98 Å². The van der Waals surface area contributed by atoms with E-state index in [0.29, 0.717) is 18.7 Å². The number of oxazole rings is 1. The molecule has 0 unspecified atom stereocenters. The summed E-state index contributed by atoms with van der Waals surface area (Å²) in [5, 5.41) is 2.84. The maximum absolute atomic E-state index is 11.4. The lowest BCUT2D eigenvalue weighted by atomic mass is 10.1. The van der Waals surface area contributed by atoms with Crippen molar-refractivity contribution in [2.24, 2.45) is 0 Å². The number of fused-ring (bicyclic) bond motifs is 1. The molecule has 0 spiro atoms. The summed E-state index contributed by atoms with van der Waals surface area (Å²) in [6.07, 6.45) is 2.10. The number of anilines is 1. The normalized spacial score (nSPS) is 10.9. The van der Waals surface area contributed by atoms with E-state index in [4.69, 9.17) is 4.42 Å². The zero-order valence-electron chi connectivity index (χ0n) is 13.4. The van der Waals surface area contributed by atoms with E-state index in [1.54, 1.807) is 0 Å². The van der Waals surface area contributed by atoms with E-state index in [0.717, 1.165) is 28.8 Å². The van der Waals surface area contributed by atoms with Crippen LogP contribution >= 0.6 is 0 Å². The van der Waals surface area contributed by atoms with Gasteiger partial charge in [0.15, 0.2) is 11.5 Å². The molecular weight excluding hydrogens is 288 g/mol. The largest absolute Gasteiger partial charge is 0.440 e. The van der Waals surface area contributed by atoms with Crippen LogP contribution in [0, 0.1) is 0 Å². The molecule has 0 aliphatic carbocycles. The number of nitrogens with one attached hydrogen (secondary N) is 1. The van der Waals surface area contributed by atoms with E-state index in [9.17, 15) is 4.79 Å². The van der Waals surface area contributed by atoms with E-state index in [1.807, 2.05) is 37.3 Å². The second-order valence-electron chi connectivity index (χ2n) is 5.54. The second kappa shape index (κ2) is 6.65. The molecule has 1 N–H and O–H groups in total. The minimum Gasteiger partial charge on any atom is -0.440 e. The fourth-order valence-electron chi connectivity index (χ4n) is 2.45. The van der Waals surface area contributed by atoms with Gasteiger partial charge in [0, 0.05) is 18.5 Å². The number of aryl methyl sites for hydroxylation is 1. The predicted molar refractivity (Wildman–Crippen MR) is 91.6 cm³/mol. The Morgan fingerprint density at radius 2 is 1.83 bits per heavy atom. The number of hydrogen-bond acceptors (Lipinski definition) is 3. The number of amides is 1. The molecule has 4 nitrogen and oxygen atoms in total. The molecule has 118 valence electrons. The first-order valence-corrected chi connectivity index (χ1v) is 7.95. The Morgan fingerprint density at radius 3 is 2.52 bits per heavy atom. The third kappa shape index (κ3) is 3.59. The van der Waals surface area contributed by atoms with Gasteiger partial charge in [-0.1, -0.05) is 32.0 Å². The number of carbonyl (C=O) groups is 1. The van der Waals surface area contributed by atoms with Gasteiger partial charge in [0.2, 0.25) is 5.91 Å². The lowest BCUT2D eigenvalue weighted by Gasteiger charge is -2.04. The maximum atomic E-state index is 11.4. The summed E-state index contributed by atoms with van der Waals surface area (Å²) >= 11 is 0. The highest BCUT2D eigenvalue weighted by molar-refractivity contribution is 5.90. The zero-order chi connectivity index (χ0) is 16.2. The topological polar surface area (TPSA) is 55.1 Å². The van der Waals surface area contributed by atoms with Crippen molar-refractivity contribution >= 4 is 22.7 Å². The highest BCUT2D eigenvalue weighted by atomic mass is 16.3. The molecule has 0 fully saturated rings. The van der Waals surface area contributed by atoms with E-state index in [1.165, 1.54) is 5.56 Å². The van der Waals surface area contributed by atoms with Crippen molar-refractivity contribution in [3.05, 3.63) is 59.5 Å². The maximum Gasteiger partial charge on any atom is 0.224 e. The van der Waals surface area contributed by atoms with Crippen molar-refractivity contribution in [2.75, 3.05) is 5.32 Å². The third-order valence-corrected chi connectivity index (χ3v) is 3.82. The predicted octanol–water partition coefficient (Wildman–Crippen LogP) is 4.33. The summed E-state index contributed by atoms with van der Waals surface area (Å²) in [6.45, 7) is 3.96. The Kier molecular flexibility index (Phi) is 4.42. The molecule has 4 heteroatoms. The van der Waals surface area contributed by atoms with Crippen LogP contribution in [0.15, 0.2) is 46.9 Å². The first kappa shape index (κ1) is 15.3. The second-order valence-corrected chi connectivity index (χ2v) is 5.54. The Labute approximate surface area is 135 Å². The van der Waals surface area contributed by atoms with E-state index in [2.05, 4.69) is 29.4 Å². The SMILES string of the molecule is CCC(=O)Nc1ccc(Cc2nc3cc(CC)ccc3o2)cc1. The van der Waals surface area contributed by atoms with Gasteiger partial charge in [-0.25, -0.2) is 4.98 Å². The molecule has 3 aromatic rings. The third-order valence-electron chi connectivity index (χ3n) is 3.82. The smallest absolute Gasteiger partial charge is 0.224 e. The summed E-state index contributed by atoms with van der Waals surface area (Å²) in [6, 6.07) is 13.9. The molecule has 23 heavy (non-hydrogen) atoms. The van der Waals surface area contributed by atoms with Crippen LogP contribution in [0.5, 0.6) is 0 Å². The molecule has 0 aliphatic heterocycles. The van der Waals surface area contributed by atoms with Crippen molar-refractivity contribution in [3.8, 4) is 0 Å². The number of nitrogens with zero attached hydrogens (tertiary/aromatic N) is 1. The van der Waals surface area contributed by atoms with Crippen LogP contribution in [-0.2, 0) is 17.6 Å². The summed E-state index contributed by atoms with van der Waals surface area (Å²) in [5.74, 6) is 0.724. The highest BCUT2D eigenvalue weighted by Gasteiger charge is 2.07. The Morgan fingerprint density at radius 1 is 1.09 bits per heavy atom. The quantitative estimate of drug-likeness (QED) is 0.763. The van der Waals surface area contributed by atoms with Crippen LogP contribution in [0.3, 0.4) is 0 Å². The van der Waals surface area contributed by atoms with Gasteiger partial charge in [-0.3, -0.25) is 4.79 Å². The summed E-state index contributed by atoms with van der Waals surface area (Å²) in [4.78, 5) is 15.9. The summed E-state index contributed by atoms with van der Waals surface area (Å²) < 4.78 is 5.80. The van der Waals surface area contributed by atoms with Crippen LogP contribution in [0.1, 0.15) is 37.3 Å². The van der Waals surface area contributed by atoms with Crippen molar-refractivity contribution in [3.63, 3.8) is 0 Å².